The average Bonchev–Trinajstić information content (AvgIpc) is 2.47. The van der Waals surface area contributed by atoms with Crippen molar-refractivity contribution >= 4 is 29.4 Å². The Morgan fingerprint density at radius 3 is 2.87 bits per heavy atom. The molecular weight excluding hydrogens is 188 g/mol. The smallest absolute Gasteiger partial charge is 0.185 e. The molecule has 0 bridgehead atoms. The van der Waals surface area contributed by atoms with Crippen LogP contribution in [0.5, 0.6) is 0 Å². The van der Waals surface area contributed by atoms with Gasteiger partial charge in [-0.3, -0.25) is 4.79 Å². The number of furan rings is 1. The van der Waals surface area contributed by atoms with Gasteiger partial charge in [0.2, 0.25) is 0 Å². The van der Waals surface area contributed by atoms with Crippen molar-refractivity contribution in [3.8, 4) is 0 Å². The normalized spacial score (nSPS) is 13.1. The van der Waals surface area contributed by atoms with Crippen LogP contribution in [0, 0.1) is 0 Å². The predicted molar refractivity (Wildman–Crippen MR) is 59.7 cm³/mol. The summed E-state index contributed by atoms with van der Waals surface area (Å²) in [4.78, 5) is 10.9. The highest BCUT2D eigenvalue weighted by molar-refractivity contribution is 6.01. The molecule has 2 heteroatoms. The molecule has 1 aromatic carbocycles. The molecule has 0 fully saturated rings. The van der Waals surface area contributed by atoms with E-state index < -0.39 is 0 Å². The number of aldehydes is 1. The number of hydrogen-bond donors (Lipinski definition) is 0. The minimum atomic E-state index is 0.400. The Hall–Kier alpha value is -2.09. The van der Waals surface area contributed by atoms with Crippen LogP contribution >= 0.6 is 0 Å². The number of carbonyl (C=O) groups excluding carboxylic acids is 1. The first kappa shape index (κ1) is 8.24. The Bertz CT molecular complexity index is 600. The highest BCUT2D eigenvalue weighted by Crippen LogP contribution is 2.31. The van der Waals surface area contributed by atoms with E-state index in [4.69, 9.17) is 4.42 Å². The van der Waals surface area contributed by atoms with Gasteiger partial charge in [-0.15, -0.1) is 0 Å². The lowest BCUT2D eigenvalue weighted by atomic mass is 10.1. The second-order valence-electron chi connectivity index (χ2n) is 3.44. The maximum absolute atomic E-state index is 10.9. The highest BCUT2D eigenvalue weighted by atomic mass is 16.3. The fourth-order valence-electron chi connectivity index (χ4n) is 1.92. The summed E-state index contributed by atoms with van der Waals surface area (Å²) in [5, 5.41) is 1.02. The molecule has 2 nitrogen and oxygen atoms in total. The molecule has 0 unspecified atom stereocenters. The lowest BCUT2D eigenvalue weighted by Gasteiger charge is -1.94. The molecule has 1 aromatic heterocycles. The fraction of sp³-hybridized carbons (Fsp3) is 0. The van der Waals surface area contributed by atoms with Crippen molar-refractivity contribution in [2.45, 2.75) is 0 Å². The van der Waals surface area contributed by atoms with Crippen LogP contribution in [-0.2, 0) is 0 Å². The lowest BCUT2D eigenvalue weighted by molar-refractivity contribution is 0.110. The van der Waals surface area contributed by atoms with Crippen LogP contribution in [-0.4, -0.2) is 6.29 Å². The molecule has 0 amide bonds. The van der Waals surface area contributed by atoms with E-state index in [1.165, 1.54) is 0 Å². The number of allylic oxidation sites excluding steroid dienone is 2. The van der Waals surface area contributed by atoms with Crippen molar-refractivity contribution in [2.75, 3.05) is 0 Å². The quantitative estimate of drug-likeness (QED) is 0.655. The van der Waals surface area contributed by atoms with E-state index in [1.54, 1.807) is 0 Å². The molecule has 0 spiro atoms. The van der Waals surface area contributed by atoms with Crippen molar-refractivity contribution < 1.29 is 9.21 Å². The standard InChI is InChI=1S/C13H8O2/c14-8-12-10-6-2-1-4-9-5-3-7-11(15-12)13(9)10/h1-8H. The van der Waals surface area contributed by atoms with Gasteiger partial charge in [0.05, 0.1) is 0 Å². The van der Waals surface area contributed by atoms with Gasteiger partial charge in [-0.05, 0) is 11.6 Å². The van der Waals surface area contributed by atoms with Crippen molar-refractivity contribution in [3.05, 3.63) is 47.2 Å². The van der Waals surface area contributed by atoms with Gasteiger partial charge in [0.25, 0.3) is 0 Å². The summed E-state index contributed by atoms with van der Waals surface area (Å²) in [5.41, 5.74) is 2.73. The molecule has 0 aliphatic heterocycles. The summed E-state index contributed by atoms with van der Waals surface area (Å²) < 4.78 is 5.46. The summed E-state index contributed by atoms with van der Waals surface area (Å²) in [5.74, 6) is 0.400. The molecule has 0 N–H and O–H groups in total. The van der Waals surface area contributed by atoms with Gasteiger partial charge < -0.3 is 4.42 Å². The number of carbonyl (C=O) groups is 1. The minimum Gasteiger partial charge on any atom is -0.453 e. The van der Waals surface area contributed by atoms with Crippen LogP contribution in [0.25, 0.3) is 23.1 Å². The van der Waals surface area contributed by atoms with Crippen LogP contribution in [0.1, 0.15) is 21.7 Å². The molecule has 72 valence electrons. The Morgan fingerprint density at radius 1 is 1.13 bits per heavy atom. The molecule has 0 saturated heterocycles. The van der Waals surface area contributed by atoms with Crippen LogP contribution in [0.15, 0.2) is 34.8 Å². The van der Waals surface area contributed by atoms with Gasteiger partial charge in [-0.1, -0.05) is 36.4 Å². The molecule has 0 saturated carbocycles. The molecule has 1 heterocycles. The Balaban J connectivity index is 2.54. The first-order valence-electron chi connectivity index (χ1n) is 4.75. The van der Waals surface area contributed by atoms with Gasteiger partial charge in [0.15, 0.2) is 12.0 Å². The van der Waals surface area contributed by atoms with Crippen molar-refractivity contribution in [1.29, 1.82) is 0 Å². The van der Waals surface area contributed by atoms with E-state index >= 15 is 0 Å². The zero-order valence-electron chi connectivity index (χ0n) is 7.94. The Labute approximate surface area is 86.5 Å². The van der Waals surface area contributed by atoms with E-state index in [-0.39, 0.29) is 0 Å². The zero-order valence-corrected chi connectivity index (χ0v) is 7.94. The van der Waals surface area contributed by atoms with Gasteiger partial charge in [-0.25, -0.2) is 0 Å². The Morgan fingerprint density at radius 2 is 2.00 bits per heavy atom. The van der Waals surface area contributed by atoms with E-state index in [1.807, 2.05) is 42.5 Å². The van der Waals surface area contributed by atoms with Crippen LogP contribution < -0.4 is 0 Å². The van der Waals surface area contributed by atoms with Gasteiger partial charge in [-0.2, -0.15) is 0 Å². The third kappa shape index (κ3) is 1.08. The number of benzene rings is 1. The molecule has 1 aliphatic carbocycles. The molecule has 0 atom stereocenters. The summed E-state index contributed by atoms with van der Waals surface area (Å²) in [7, 11) is 0. The SMILES string of the molecule is O=Cc1oc2cccc3c2c1C=CC=C3. The maximum atomic E-state index is 10.9. The second kappa shape index (κ2) is 2.95. The largest absolute Gasteiger partial charge is 0.453 e. The van der Waals surface area contributed by atoms with E-state index in [9.17, 15) is 4.79 Å². The van der Waals surface area contributed by atoms with Gasteiger partial charge >= 0.3 is 0 Å². The van der Waals surface area contributed by atoms with Crippen LogP contribution in [0.2, 0.25) is 0 Å². The van der Waals surface area contributed by atoms with E-state index in [0.29, 0.717) is 5.76 Å². The fourth-order valence-corrected chi connectivity index (χ4v) is 1.92. The molecule has 2 aromatic rings. The molecule has 3 rings (SSSR count). The average molecular weight is 196 g/mol. The van der Waals surface area contributed by atoms with Gasteiger partial charge in [0, 0.05) is 10.9 Å². The zero-order chi connectivity index (χ0) is 10.3. The molecule has 15 heavy (non-hydrogen) atoms. The summed E-state index contributed by atoms with van der Waals surface area (Å²) in [6.07, 6.45) is 8.55. The monoisotopic (exact) mass is 196 g/mol. The maximum Gasteiger partial charge on any atom is 0.185 e. The third-order valence-electron chi connectivity index (χ3n) is 2.57. The highest BCUT2D eigenvalue weighted by Gasteiger charge is 2.14. The minimum absolute atomic E-state index is 0.400. The number of hydrogen-bond acceptors (Lipinski definition) is 2. The molecule has 1 aliphatic rings. The van der Waals surface area contributed by atoms with E-state index in [0.717, 1.165) is 28.4 Å². The van der Waals surface area contributed by atoms with Crippen LogP contribution in [0.3, 0.4) is 0 Å². The first-order valence-corrected chi connectivity index (χ1v) is 4.75. The van der Waals surface area contributed by atoms with Crippen molar-refractivity contribution in [3.63, 3.8) is 0 Å². The third-order valence-corrected chi connectivity index (χ3v) is 2.57. The van der Waals surface area contributed by atoms with E-state index in [2.05, 4.69) is 0 Å². The Kier molecular flexibility index (Phi) is 1.62. The first-order chi connectivity index (χ1) is 7.40. The topological polar surface area (TPSA) is 30.2 Å². The van der Waals surface area contributed by atoms with Crippen molar-refractivity contribution in [1.82, 2.24) is 0 Å². The summed E-state index contributed by atoms with van der Waals surface area (Å²) in [6, 6.07) is 5.82. The number of rotatable bonds is 1. The molecule has 0 radical (unpaired) electrons. The summed E-state index contributed by atoms with van der Waals surface area (Å²) in [6.45, 7) is 0. The van der Waals surface area contributed by atoms with Crippen molar-refractivity contribution in [2.24, 2.45) is 0 Å². The van der Waals surface area contributed by atoms with Crippen LogP contribution in [0.4, 0.5) is 0 Å². The predicted octanol–water partition coefficient (Wildman–Crippen LogP) is 3.29. The lowest BCUT2D eigenvalue weighted by Crippen LogP contribution is -1.79. The molecular formula is C13H8O2. The summed E-state index contributed by atoms with van der Waals surface area (Å²) >= 11 is 0. The second-order valence-corrected chi connectivity index (χ2v) is 3.44. The van der Waals surface area contributed by atoms with Gasteiger partial charge in [0.1, 0.15) is 5.58 Å².